The first-order valence-corrected chi connectivity index (χ1v) is 9.19. The molecule has 11 heteroatoms. The number of aromatic nitrogens is 2. The number of unbranched alkanes of at least 4 members (excludes halogenated alkanes) is 2. The fourth-order valence-corrected chi connectivity index (χ4v) is 2.65. The second-order valence-electron chi connectivity index (χ2n) is 5.73. The van der Waals surface area contributed by atoms with Gasteiger partial charge in [0.15, 0.2) is 5.69 Å². The smallest absolute Gasteiger partial charge is 0.406 e. The van der Waals surface area contributed by atoms with E-state index in [0.717, 1.165) is 36.1 Å². The highest BCUT2D eigenvalue weighted by Crippen LogP contribution is 2.30. The maximum atomic E-state index is 12.3. The summed E-state index contributed by atoms with van der Waals surface area (Å²) in [5.74, 6) is -1.05. The van der Waals surface area contributed by atoms with E-state index >= 15 is 0 Å². The maximum Gasteiger partial charge on any atom is 0.573 e. The zero-order valence-electron chi connectivity index (χ0n) is 14.8. The first-order valence-electron chi connectivity index (χ1n) is 8.40. The van der Waals surface area contributed by atoms with Crippen LogP contribution in [0.5, 0.6) is 5.75 Å². The lowest BCUT2D eigenvalue weighted by Gasteiger charge is -2.11. The molecule has 0 unspecified atom stereocenters. The van der Waals surface area contributed by atoms with Gasteiger partial charge in [-0.2, -0.15) is 9.78 Å². The van der Waals surface area contributed by atoms with Crippen LogP contribution in [0.2, 0.25) is 0 Å². The Hall–Kier alpha value is -2.56. The van der Waals surface area contributed by atoms with Crippen molar-refractivity contribution in [2.75, 3.05) is 11.9 Å². The summed E-state index contributed by atoms with van der Waals surface area (Å²) < 4.78 is 41.7. The molecule has 0 saturated heterocycles. The van der Waals surface area contributed by atoms with Crippen LogP contribution < -0.4 is 15.4 Å². The summed E-state index contributed by atoms with van der Waals surface area (Å²) in [6, 6.07) is 4.29. The number of nitrogens with zero attached hydrogens (tertiary/aromatic N) is 2. The number of hydrogen-bond acceptors (Lipinski definition) is 4. The highest BCUT2D eigenvalue weighted by atomic mass is 79.9. The van der Waals surface area contributed by atoms with Crippen LogP contribution in [0.15, 0.2) is 34.9 Å². The van der Waals surface area contributed by atoms with Crippen LogP contribution in [0.1, 0.15) is 36.7 Å². The van der Waals surface area contributed by atoms with E-state index in [1.54, 1.807) is 0 Å². The Labute approximate surface area is 167 Å². The molecule has 2 amide bonds. The first-order chi connectivity index (χ1) is 13.2. The summed E-state index contributed by atoms with van der Waals surface area (Å²) in [6.07, 6.45) is -0.595. The van der Waals surface area contributed by atoms with Crippen molar-refractivity contribution in [3.63, 3.8) is 0 Å². The zero-order chi connectivity index (χ0) is 20.7. The van der Waals surface area contributed by atoms with E-state index < -0.39 is 24.1 Å². The number of anilines is 1. The van der Waals surface area contributed by atoms with Gasteiger partial charge in [0.2, 0.25) is 0 Å². The molecule has 0 radical (unpaired) electrons. The van der Waals surface area contributed by atoms with Crippen molar-refractivity contribution in [3.8, 4) is 5.75 Å². The highest BCUT2D eigenvalue weighted by Gasteiger charge is 2.31. The predicted molar refractivity (Wildman–Crippen MR) is 99.3 cm³/mol. The summed E-state index contributed by atoms with van der Waals surface area (Å²) in [5.41, 5.74) is 0.198. The normalized spacial score (nSPS) is 11.2. The molecule has 152 valence electrons. The number of ether oxygens (including phenoxy) is 1. The number of carbonyl (C=O) groups is 2. The Balaban J connectivity index is 1.98. The van der Waals surface area contributed by atoms with Crippen molar-refractivity contribution in [2.24, 2.45) is 0 Å². The van der Waals surface area contributed by atoms with Crippen molar-refractivity contribution >= 4 is 33.6 Å². The maximum absolute atomic E-state index is 12.3. The summed E-state index contributed by atoms with van der Waals surface area (Å²) >= 11 is 3.07. The molecule has 0 aliphatic heterocycles. The molecule has 0 atom stereocenters. The molecule has 1 aromatic carbocycles. The molecule has 2 aromatic rings. The number of carbonyl (C=O) groups excluding carboxylic acids is 2. The standard InChI is InChI=1S/C17H18BrF3N4O3/c1-2-3-4-8-22-16(27)25-9-7-14(24-25)15(26)23-13-6-5-11(10-12(13)18)28-17(19,20)21/h5-7,9-10H,2-4,8H2,1H3,(H,22,27)(H,23,26). The average molecular weight is 463 g/mol. The quantitative estimate of drug-likeness (QED) is 0.591. The molecular weight excluding hydrogens is 445 g/mol. The summed E-state index contributed by atoms with van der Waals surface area (Å²) in [6.45, 7) is 2.56. The van der Waals surface area contributed by atoms with Crippen LogP contribution in [0.25, 0.3) is 0 Å². The second-order valence-corrected chi connectivity index (χ2v) is 6.58. The molecule has 1 heterocycles. The molecule has 0 aliphatic carbocycles. The minimum Gasteiger partial charge on any atom is -0.406 e. The fourth-order valence-electron chi connectivity index (χ4n) is 2.19. The number of benzene rings is 1. The molecular formula is C17H18BrF3N4O3. The van der Waals surface area contributed by atoms with Crippen molar-refractivity contribution < 1.29 is 27.5 Å². The Morgan fingerprint density at radius 2 is 2.00 bits per heavy atom. The Morgan fingerprint density at radius 3 is 2.64 bits per heavy atom. The summed E-state index contributed by atoms with van der Waals surface area (Å²) in [7, 11) is 0. The number of halogens is 4. The minimum absolute atomic E-state index is 0.0220. The molecule has 0 spiro atoms. The van der Waals surface area contributed by atoms with Crippen LogP contribution in [0, 0.1) is 0 Å². The Kier molecular flexibility index (Phi) is 7.44. The average Bonchev–Trinajstić information content (AvgIpc) is 3.10. The van der Waals surface area contributed by atoms with Crippen LogP contribution in [0.4, 0.5) is 23.7 Å². The number of hydrogen-bond donors (Lipinski definition) is 2. The first kappa shape index (κ1) is 21.7. The molecule has 0 bridgehead atoms. The highest BCUT2D eigenvalue weighted by molar-refractivity contribution is 9.10. The van der Waals surface area contributed by atoms with E-state index in [2.05, 4.69) is 43.3 Å². The minimum atomic E-state index is -4.81. The summed E-state index contributed by atoms with van der Waals surface area (Å²) in [5, 5.41) is 9.09. The van der Waals surface area contributed by atoms with Gasteiger partial charge in [-0.3, -0.25) is 4.79 Å². The van der Waals surface area contributed by atoms with Gasteiger partial charge in [-0.25, -0.2) is 4.79 Å². The number of rotatable bonds is 7. The van der Waals surface area contributed by atoms with Crippen LogP contribution in [0.3, 0.4) is 0 Å². The van der Waals surface area contributed by atoms with E-state index in [-0.39, 0.29) is 15.9 Å². The lowest BCUT2D eigenvalue weighted by molar-refractivity contribution is -0.274. The summed E-state index contributed by atoms with van der Waals surface area (Å²) in [4.78, 5) is 24.2. The third kappa shape index (κ3) is 6.55. The molecule has 7 nitrogen and oxygen atoms in total. The van der Waals surface area contributed by atoms with Gasteiger partial charge in [0.25, 0.3) is 5.91 Å². The third-order valence-corrected chi connectivity index (χ3v) is 4.16. The van der Waals surface area contributed by atoms with Crippen LogP contribution in [-0.2, 0) is 0 Å². The van der Waals surface area contributed by atoms with Gasteiger partial charge in [-0.1, -0.05) is 19.8 Å². The van der Waals surface area contributed by atoms with Gasteiger partial charge in [0.1, 0.15) is 5.75 Å². The lowest BCUT2D eigenvalue weighted by Crippen LogP contribution is -2.30. The van der Waals surface area contributed by atoms with Crippen LogP contribution >= 0.6 is 15.9 Å². The van der Waals surface area contributed by atoms with Gasteiger partial charge in [-0.15, -0.1) is 13.2 Å². The van der Waals surface area contributed by atoms with E-state index in [4.69, 9.17) is 0 Å². The van der Waals surface area contributed by atoms with E-state index in [1.807, 2.05) is 0 Å². The van der Waals surface area contributed by atoms with Gasteiger partial charge in [0, 0.05) is 17.2 Å². The molecule has 2 rings (SSSR count). The van der Waals surface area contributed by atoms with E-state index in [0.29, 0.717) is 6.54 Å². The molecule has 1 aromatic heterocycles. The van der Waals surface area contributed by atoms with Crippen molar-refractivity contribution in [1.29, 1.82) is 0 Å². The van der Waals surface area contributed by atoms with Crippen molar-refractivity contribution in [1.82, 2.24) is 15.1 Å². The zero-order valence-corrected chi connectivity index (χ0v) is 16.4. The lowest BCUT2D eigenvalue weighted by atomic mass is 10.2. The topological polar surface area (TPSA) is 85.2 Å². The molecule has 0 fully saturated rings. The van der Waals surface area contributed by atoms with E-state index in [9.17, 15) is 22.8 Å². The SMILES string of the molecule is CCCCCNC(=O)n1ccc(C(=O)Nc2ccc(OC(F)(F)F)cc2Br)n1. The van der Waals surface area contributed by atoms with Gasteiger partial charge >= 0.3 is 12.4 Å². The van der Waals surface area contributed by atoms with Gasteiger partial charge < -0.3 is 15.4 Å². The third-order valence-electron chi connectivity index (χ3n) is 3.51. The van der Waals surface area contributed by atoms with Crippen molar-refractivity contribution in [2.45, 2.75) is 32.5 Å². The largest absolute Gasteiger partial charge is 0.573 e. The molecule has 0 saturated carbocycles. The van der Waals surface area contributed by atoms with Gasteiger partial charge in [0.05, 0.1) is 5.69 Å². The molecule has 0 aliphatic rings. The molecule has 28 heavy (non-hydrogen) atoms. The van der Waals surface area contributed by atoms with Crippen LogP contribution in [-0.4, -0.2) is 34.6 Å². The number of amides is 2. The predicted octanol–water partition coefficient (Wildman–Crippen LogP) is 4.54. The van der Waals surface area contributed by atoms with Gasteiger partial charge in [-0.05, 0) is 46.6 Å². The monoisotopic (exact) mass is 462 g/mol. The fraction of sp³-hybridized carbons (Fsp3) is 0.353. The second kappa shape index (κ2) is 9.58. The van der Waals surface area contributed by atoms with E-state index in [1.165, 1.54) is 18.3 Å². The number of alkyl halides is 3. The van der Waals surface area contributed by atoms with Crippen molar-refractivity contribution in [3.05, 3.63) is 40.6 Å². The number of nitrogens with one attached hydrogen (secondary N) is 2. The Bertz CT molecular complexity index is 839. The Morgan fingerprint density at radius 1 is 1.25 bits per heavy atom. The molecule has 2 N–H and O–H groups in total.